The van der Waals surface area contributed by atoms with E-state index in [0.29, 0.717) is 12.2 Å². The number of sulfone groups is 1. The molecule has 1 atom stereocenters. The molecule has 1 heterocycles. The van der Waals surface area contributed by atoms with Crippen LogP contribution >= 0.6 is 24.0 Å². The van der Waals surface area contributed by atoms with Gasteiger partial charge in [0.2, 0.25) is 0 Å². The summed E-state index contributed by atoms with van der Waals surface area (Å²) in [7, 11) is -2.83. The molecular weight excluding hydrogens is 377 g/mol. The highest BCUT2D eigenvalue weighted by atomic mass is 127. The minimum absolute atomic E-state index is 0. The van der Waals surface area contributed by atoms with Gasteiger partial charge in [0.25, 0.3) is 0 Å². The molecule has 0 amide bonds. The molecule has 0 spiro atoms. The average Bonchev–Trinajstić information content (AvgIpc) is 3.04. The average molecular weight is 401 g/mol. The van der Waals surface area contributed by atoms with Crippen molar-refractivity contribution < 1.29 is 8.42 Å². The van der Waals surface area contributed by atoms with E-state index in [9.17, 15) is 8.42 Å². The van der Waals surface area contributed by atoms with Gasteiger partial charge in [0.05, 0.1) is 11.5 Å². The van der Waals surface area contributed by atoms with Gasteiger partial charge in [0, 0.05) is 19.1 Å². The molecule has 1 aliphatic carbocycles. The monoisotopic (exact) mass is 401 g/mol. The Morgan fingerprint density at radius 3 is 2.58 bits per heavy atom. The number of halogens is 1. The molecule has 1 saturated carbocycles. The molecule has 19 heavy (non-hydrogen) atoms. The maximum Gasteiger partial charge on any atom is 0.191 e. The normalized spacial score (nSPS) is 25.7. The zero-order valence-electron chi connectivity index (χ0n) is 11.4. The van der Waals surface area contributed by atoms with Crippen molar-refractivity contribution in [1.82, 2.24) is 10.6 Å². The zero-order valence-corrected chi connectivity index (χ0v) is 14.5. The zero-order chi connectivity index (χ0) is 13.0. The van der Waals surface area contributed by atoms with E-state index in [-0.39, 0.29) is 35.8 Å². The summed E-state index contributed by atoms with van der Waals surface area (Å²) in [6.07, 6.45) is 4.54. The van der Waals surface area contributed by atoms with Crippen LogP contribution in [0.2, 0.25) is 0 Å². The van der Waals surface area contributed by atoms with Crippen molar-refractivity contribution in [3.05, 3.63) is 0 Å². The van der Waals surface area contributed by atoms with Gasteiger partial charge in [-0.1, -0.05) is 12.8 Å². The van der Waals surface area contributed by atoms with Crippen LogP contribution in [-0.2, 0) is 9.84 Å². The Hall–Kier alpha value is -0.0500. The molecule has 0 aromatic heterocycles. The third-order valence-electron chi connectivity index (χ3n) is 3.42. The van der Waals surface area contributed by atoms with Gasteiger partial charge in [-0.05, 0) is 25.7 Å². The highest BCUT2D eigenvalue weighted by Gasteiger charge is 2.28. The highest BCUT2D eigenvalue weighted by Crippen LogP contribution is 2.32. The van der Waals surface area contributed by atoms with Crippen molar-refractivity contribution in [1.29, 1.82) is 0 Å². The molecule has 2 rings (SSSR count). The van der Waals surface area contributed by atoms with Crippen LogP contribution < -0.4 is 10.6 Å². The molecule has 2 fully saturated rings. The van der Waals surface area contributed by atoms with Gasteiger partial charge in [-0.25, -0.2) is 8.42 Å². The summed E-state index contributed by atoms with van der Waals surface area (Å²) in [5.41, 5.74) is 0. The Morgan fingerprint density at radius 2 is 2.05 bits per heavy atom. The van der Waals surface area contributed by atoms with E-state index in [1.807, 2.05) is 6.92 Å². The second-order valence-electron chi connectivity index (χ2n) is 5.24. The predicted molar refractivity (Wildman–Crippen MR) is 88.9 cm³/mol. The number of nitrogens with zero attached hydrogens (tertiary/aromatic N) is 1. The molecular formula is C12H24IN3O2S. The molecule has 7 heteroatoms. The van der Waals surface area contributed by atoms with Crippen LogP contribution in [0.1, 0.15) is 32.6 Å². The van der Waals surface area contributed by atoms with Crippen molar-refractivity contribution >= 4 is 39.8 Å². The standard InChI is InChI=1S/C12H23N3O2S.HI/c1-2-13-12(14-7-5-10-3-4-10)15-11-6-8-18(16,17)9-11;/h10-11H,2-9H2,1H3,(H2,13,14,15);1H. The molecule has 1 saturated heterocycles. The Balaban J connectivity index is 0.00000180. The van der Waals surface area contributed by atoms with Gasteiger partial charge in [-0.3, -0.25) is 4.99 Å². The predicted octanol–water partition coefficient (Wildman–Crippen LogP) is 1.15. The molecule has 1 aliphatic heterocycles. The second-order valence-corrected chi connectivity index (χ2v) is 7.47. The maximum absolute atomic E-state index is 11.4. The topological polar surface area (TPSA) is 70.6 Å². The highest BCUT2D eigenvalue weighted by molar-refractivity contribution is 14.0. The first-order chi connectivity index (χ1) is 8.59. The number of nitrogens with one attached hydrogen (secondary N) is 2. The summed E-state index contributed by atoms with van der Waals surface area (Å²) in [4.78, 5) is 4.50. The van der Waals surface area contributed by atoms with Crippen molar-refractivity contribution in [2.75, 3.05) is 24.6 Å². The van der Waals surface area contributed by atoms with Gasteiger partial charge >= 0.3 is 0 Å². The van der Waals surface area contributed by atoms with Crippen molar-refractivity contribution in [2.24, 2.45) is 10.9 Å². The van der Waals surface area contributed by atoms with E-state index in [0.717, 1.165) is 31.4 Å². The SMILES string of the molecule is CCNC(=NCCC1CC1)NC1CCS(=O)(=O)C1.I. The van der Waals surface area contributed by atoms with Gasteiger partial charge in [0.1, 0.15) is 0 Å². The summed E-state index contributed by atoms with van der Waals surface area (Å²) < 4.78 is 22.8. The van der Waals surface area contributed by atoms with Crippen LogP contribution in [0.3, 0.4) is 0 Å². The summed E-state index contributed by atoms with van der Waals surface area (Å²) in [6.45, 7) is 3.65. The van der Waals surface area contributed by atoms with Gasteiger partial charge < -0.3 is 10.6 Å². The number of hydrogen-bond donors (Lipinski definition) is 2. The van der Waals surface area contributed by atoms with Crippen LogP contribution in [0.5, 0.6) is 0 Å². The van der Waals surface area contributed by atoms with Crippen LogP contribution in [0, 0.1) is 5.92 Å². The lowest BCUT2D eigenvalue weighted by atomic mass is 10.3. The third-order valence-corrected chi connectivity index (χ3v) is 5.19. The Kier molecular flexibility index (Phi) is 6.85. The smallest absolute Gasteiger partial charge is 0.191 e. The van der Waals surface area contributed by atoms with E-state index in [2.05, 4.69) is 15.6 Å². The van der Waals surface area contributed by atoms with E-state index >= 15 is 0 Å². The van der Waals surface area contributed by atoms with E-state index < -0.39 is 9.84 Å². The lowest BCUT2D eigenvalue weighted by molar-refractivity contribution is 0.599. The summed E-state index contributed by atoms with van der Waals surface area (Å²) >= 11 is 0. The van der Waals surface area contributed by atoms with Crippen LogP contribution in [-0.4, -0.2) is 45.0 Å². The molecule has 0 aromatic rings. The second kappa shape index (κ2) is 7.66. The maximum atomic E-state index is 11.4. The van der Waals surface area contributed by atoms with Crippen LogP contribution in [0.4, 0.5) is 0 Å². The number of aliphatic imine (C=N–C) groups is 1. The molecule has 5 nitrogen and oxygen atoms in total. The summed E-state index contributed by atoms with van der Waals surface area (Å²) in [5.74, 6) is 2.18. The molecule has 2 aliphatic rings. The van der Waals surface area contributed by atoms with Crippen LogP contribution in [0.15, 0.2) is 4.99 Å². The minimum Gasteiger partial charge on any atom is -0.357 e. The minimum atomic E-state index is -2.83. The number of guanidine groups is 1. The Labute approximate surface area is 133 Å². The lowest BCUT2D eigenvalue weighted by Crippen LogP contribution is -2.44. The molecule has 0 bridgehead atoms. The fraction of sp³-hybridized carbons (Fsp3) is 0.917. The first-order valence-electron chi connectivity index (χ1n) is 6.84. The van der Waals surface area contributed by atoms with Crippen molar-refractivity contribution in [3.8, 4) is 0 Å². The third kappa shape index (κ3) is 6.29. The fourth-order valence-corrected chi connectivity index (χ4v) is 3.86. The molecule has 0 aromatic carbocycles. The Morgan fingerprint density at radius 1 is 1.32 bits per heavy atom. The van der Waals surface area contributed by atoms with Crippen molar-refractivity contribution in [3.63, 3.8) is 0 Å². The van der Waals surface area contributed by atoms with Gasteiger partial charge in [-0.15, -0.1) is 24.0 Å². The lowest BCUT2D eigenvalue weighted by Gasteiger charge is -2.15. The molecule has 2 N–H and O–H groups in total. The molecule has 0 radical (unpaired) electrons. The molecule has 1 unspecified atom stereocenters. The molecule has 112 valence electrons. The Bertz CT molecular complexity index is 407. The van der Waals surface area contributed by atoms with Crippen LogP contribution in [0.25, 0.3) is 0 Å². The summed E-state index contributed by atoms with van der Waals surface area (Å²) in [6, 6.07) is 0.0220. The first-order valence-corrected chi connectivity index (χ1v) is 8.66. The fourth-order valence-electron chi connectivity index (χ4n) is 2.19. The van der Waals surface area contributed by atoms with E-state index in [1.165, 1.54) is 12.8 Å². The summed E-state index contributed by atoms with van der Waals surface area (Å²) in [5, 5.41) is 6.40. The quantitative estimate of drug-likeness (QED) is 0.412. The largest absolute Gasteiger partial charge is 0.357 e. The number of rotatable bonds is 5. The van der Waals surface area contributed by atoms with Gasteiger partial charge in [0.15, 0.2) is 15.8 Å². The first kappa shape index (κ1) is 17.0. The van der Waals surface area contributed by atoms with E-state index in [1.54, 1.807) is 0 Å². The van der Waals surface area contributed by atoms with E-state index in [4.69, 9.17) is 0 Å². The number of hydrogen-bond acceptors (Lipinski definition) is 3. The van der Waals surface area contributed by atoms with Crippen molar-refractivity contribution in [2.45, 2.75) is 38.6 Å². The van der Waals surface area contributed by atoms with Gasteiger partial charge in [-0.2, -0.15) is 0 Å².